The molecule has 0 aromatic heterocycles. The maximum Gasteiger partial charge on any atom is 0.265 e. The average molecular weight is 263 g/mol. The van der Waals surface area contributed by atoms with E-state index in [1.807, 2.05) is 18.2 Å². The average Bonchev–Trinajstić information content (AvgIpc) is 2.38. The minimum absolute atomic E-state index is 0.110. The smallest absolute Gasteiger partial charge is 0.265 e. The second-order valence-corrected chi connectivity index (χ2v) is 5.02. The fourth-order valence-electron chi connectivity index (χ4n) is 2.00. The van der Waals surface area contributed by atoms with E-state index < -0.39 is 6.10 Å². The van der Waals surface area contributed by atoms with Crippen LogP contribution in [-0.2, 0) is 4.79 Å². The summed E-state index contributed by atoms with van der Waals surface area (Å²) in [7, 11) is 0. The number of nitrogens with one attached hydrogen (secondary N) is 2. The van der Waals surface area contributed by atoms with Crippen LogP contribution in [-0.4, -0.2) is 25.1 Å². The second kappa shape index (κ2) is 5.93. The van der Waals surface area contributed by atoms with E-state index in [0.29, 0.717) is 18.2 Å². The summed E-state index contributed by atoms with van der Waals surface area (Å²) in [6.45, 7) is 5.46. The zero-order valence-electron chi connectivity index (χ0n) is 11.4. The van der Waals surface area contributed by atoms with Crippen molar-refractivity contribution < 1.29 is 9.53 Å². The molecule has 1 aliphatic heterocycles. The van der Waals surface area contributed by atoms with Gasteiger partial charge in [-0.1, -0.05) is 6.92 Å². The second-order valence-electron chi connectivity index (χ2n) is 5.02. The van der Waals surface area contributed by atoms with Crippen LogP contribution in [0, 0.1) is 5.92 Å². The fraction of sp³-hybridized carbons (Fsp3) is 0.500. The van der Waals surface area contributed by atoms with Crippen LogP contribution in [0.4, 0.5) is 11.4 Å². The zero-order valence-corrected chi connectivity index (χ0v) is 11.4. The van der Waals surface area contributed by atoms with E-state index in [1.165, 1.54) is 0 Å². The van der Waals surface area contributed by atoms with Crippen molar-refractivity contribution in [2.75, 3.05) is 23.7 Å². The van der Waals surface area contributed by atoms with Crippen LogP contribution in [0.5, 0.6) is 5.75 Å². The first-order valence-corrected chi connectivity index (χ1v) is 6.65. The minimum Gasteiger partial charge on any atom is -0.479 e. The number of carbonyl (C=O) groups excluding carboxylic acids is 1. The topological polar surface area (TPSA) is 76.4 Å². The molecule has 1 aliphatic rings. The Bertz CT molecular complexity index is 462. The number of fused-ring (bicyclic) bond motifs is 1. The lowest BCUT2D eigenvalue weighted by Crippen LogP contribution is -2.34. The number of hydrogen-bond donors (Lipinski definition) is 3. The molecule has 2 unspecified atom stereocenters. The van der Waals surface area contributed by atoms with Gasteiger partial charge >= 0.3 is 0 Å². The van der Waals surface area contributed by atoms with Gasteiger partial charge in [-0.15, -0.1) is 0 Å². The maximum absolute atomic E-state index is 11.5. The monoisotopic (exact) mass is 263 g/mol. The van der Waals surface area contributed by atoms with Crippen LogP contribution >= 0.6 is 0 Å². The highest BCUT2D eigenvalue weighted by molar-refractivity contribution is 5.98. The Hall–Kier alpha value is -1.75. The van der Waals surface area contributed by atoms with Crippen molar-refractivity contribution in [2.45, 2.75) is 26.4 Å². The van der Waals surface area contributed by atoms with Gasteiger partial charge in [0.1, 0.15) is 5.75 Å². The molecule has 1 heterocycles. The molecule has 0 saturated carbocycles. The fourth-order valence-corrected chi connectivity index (χ4v) is 2.00. The summed E-state index contributed by atoms with van der Waals surface area (Å²) in [6, 6.07) is 5.73. The molecule has 5 heteroatoms. The molecule has 0 radical (unpaired) electrons. The van der Waals surface area contributed by atoms with Crippen LogP contribution in [0.25, 0.3) is 0 Å². The van der Waals surface area contributed by atoms with Crippen LogP contribution in [0.3, 0.4) is 0 Å². The molecule has 0 fully saturated rings. The van der Waals surface area contributed by atoms with Crippen molar-refractivity contribution in [3.8, 4) is 5.75 Å². The van der Waals surface area contributed by atoms with Crippen molar-refractivity contribution in [1.82, 2.24) is 0 Å². The standard InChI is InChI=1S/C14H21N3O2/c1-9(5-6-15)8-16-11-3-4-13-12(7-11)17-14(18)10(2)19-13/h3-4,7,9-10,16H,5-6,8,15H2,1-2H3,(H,17,18). The van der Waals surface area contributed by atoms with E-state index in [1.54, 1.807) is 6.92 Å². The van der Waals surface area contributed by atoms with Gasteiger partial charge in [-0.25, -0.2) is 0 Å². The molecular formula is C14H21N3O2. The number of rotatable bonds is 5. The Kier molecular flexibility index (Phi) is 4.27. The van der Waals surface area contributed by atoms with Crippen LogP contribution < -0.4 is 21.1 Å². The van der Waals surface area contributed by atoms with Gasteiger partial charge in [0.2, 0.25) is 0 Å². The van der Waals surface area contributed by atoms with Gasteiger partial charge < -0.3 is 21.1 Å². The lowest BCUT2D eigenvalue weighted by Gasteiger charge is -2.24. The Balaban J connectivity index is 2.01. The number of hydrogen-bond acceptors (Lipinski definition) is 4. The SMILES string of the molecule is CC(CCN)CNc1ccc2c(c1)NC(=O)C(C)O2. The molecule has 19 heavy (non-hydrogen) atoms. The quantitative estimate of drug-likeness (QED) is 0.757. The van der Waals surface area contributed by atoms with Crippen LogP contribution in [0.15, 0.2) is 18.2 Å². The molecule has 1 aromatic rings. The summed E-state index contributed by atoms with van der Waals surface area (Å²) >= 11 is 0. The first-order chi connectivity index (χ1) is 9.10. The third-order valence-corrected chi connectivity index (χ3v) is 3.22. The largest absolute Gasteiger partial charge is 0.479 e. The predicted octanol–water partition coefficient (Wildman–Crippen LogP) is 1.80. The van der Waals surface area contributed by atoms with E-state index >= 15 is 0 Å². The van der Waals surface area contributed by atoms with Gasteiger partial charge in [0.05, 0.1) is 5.69 Å². The number of amides is 1. The van der Waals surface area contributed by atoms with Gasteiger partial charge in [-0.05, 0) is 44.0 Å². The summed E-state index contributed by atoms with van der Waals surface area (Å²) in [6.07, 6.45) is 0.561. The number of carbonyl (C=O) groups is 1. The van der Waals surface area contributed by atoms with E-state index in [-0.39, 0.29) is 5.91 Å². The molecule has 1 aromatic carbocycles. The Morgan fingerprint density at radius 3 is 3.05 bits per heavy atom. The third kappa shape index (κ3) is 3.38. The molecule has 2 rings (SSSR count). The Morgan fingerprint density at radius 2 is 2.32 bits per heavy atom. The molecule has 0 saturated heterocycles. The van der Waals surface area contributed by atoms with E-state index in [2.05, 4.69) is 17.6 Å². The summed E-state index contributed by atoms with van der Waals surface area (Å²) in [5.41, 5.74) is 7.22. The van der Waals surface area contributed by atoms with Gasteiger partial charge in [-0.2, -0.15) is 0 Å². The van der Waals surface area contributed by atoms with Crippen molar-refractivity contribution >= 4 is 17.3 Å². The first kappa shape index (κ1) is 13.7. The Labute approximate surface area is 113 Å². The Morgan fingerprint density at radius 1 is 1.53 bits per heavy atom. The molecule has 0 bridgehead atoms. The van der Waals surface area contributed by atoms with E-state index in [4.69, 9.17) is 10.5 Å². The third-order valence-electron chi connectivity index (χ3n) is 3.22. The predicted molar refractivity (Wildman–Crippen MR) is 76.5 cm³/mol. The molecule has 104 valence electrons. The van der Waals surface area contributed by atoms with Crippen molar-refractivity contribution in [3.63, 3.8) is 0 Å². The molecule has 1 amide bonds. The van der Waals surface area contributed by atoms with Gasteiger partial charge in [0.15, 0.2) is 6.10 Å². The van der Waals surface area contributed by atoms with Gasteiger partial charge in [0.25, 0.3) is 5.91 Å². The number of benzene rings is 1. The van der Waals surface area contributed by atoms with E-state index in [0.717, 1.165) is 24.3 Å². The first-order valence-electron chi connectivity index (χ1n) is 6.65. The van der Waals surface area contributed by atoms with Crippen molar-refractivity contribution in [1.29, 1.82) is 0 Å². The summed E-state index contributed by atoms with van der Waals surface area (Å²) in [5, 5.41) is 6.18. The van der Waals surface area contributed by atoms with Crippen molar-refractivity contribution in [2.24, 2.45) is 11.7 Å². The van der Waals surface area contributed by atoms with Gasteiger partial charge in [-0.3, -0.25) is 4.79 Å². The maximum atomic E-state index is 11.5. The van der Waals surface area contributed by atoms with Crippen LogP contribution in [0.2, 0.25) is 0 Å². The lowest BCUT2D eigenvalue weighted by atomic mass is 10.1. The van der Waals surface area contributed by atoms with Crippen molar-refractivity contribution in [3.05, 3.63) is 18.2 Å². The summed E-state index contributed by atoms with van der Waals surface area (Å²) in [4.78, 5) is 11.5. The number of nitrogens with two attached hydrogens (primary N) is 1. The highest BCUT2D eigenvalue weighted by atomic mass is 16.5. The number of ether oxygens (including phenoxy) is 1. The lowest BCUT2D eigenvalue weighted by molar-refractivity contribution is -0.122. The molecule has 0 aliphatic carbocycles. The molecule has 5 nitrogen and oxygen atoms in total. The summed E-state index contributed by atoms with van der Waals surface area (Å²) in [5.74, 6) is 1.13. The molecular weight excluding hydrogens is 242 g/mol. The van der Waals surface area contributed by atoms with Crippen LogP contribution in [0.1, 0.15) is 20.3 Å². The highest BCUT2D eigenvalue weighted by Crippen LogP contribution is 2.32. The highest BCUT2D eigenvalue weighted by Gasteiger charge is 2.23. The summed E-state index contributed by atoms with van der Waals surface area (Å²) < 4.78 is 5.51. The van der Waals surface area contributed by atoms with Gasteiger partial charge in [0, 0.05) is 12.2 Å². The van der Waals surface area contributed by atoms with E-state index in [9.17, 15) is 4.79 Å². The normalized spacial score (nSPS) is 19.1. The molecule has 4 N–H and O–H groups in total. The number of anilines is 2. The molecule has 0 spiro atoms. The zero-order chi connectivity index (χ0) is 13.8. The molecule has 2 atom stereocenters. The minimum atomic E-state index is -0.434.